The van der Waals surface area contributed by atoms with Crippen molar-refractivity contribution in [2.24, 2.45) is 17.6 Å². The lowest BCUT2D eigenvalue weighted by Crippen LogP contribution is -2.18. The lowest BCUT2D eigenvalue weighted by Gasteiger charge is -2.18. The zero-order chi connectivity index (χ0) is 13.9. The quantitative estimate of drug-likeness (QED) is 0.704. The van der Waals surface area contributed by atoms with E-state index in [1.807, 2.05) is 0 Å². The second-order valence-electron chi connectivity index (χ2n) is 4.89. The van der Waals surface area contributed by atoms with Crippen molar-refractivity contribution >= 4 is 17.3 Å². The fraction of sp³-hybridized carbons (Fsp3) is 0.462. The maximum Gasteiger partial charge on any atom is 0.250 e. The average molecular weight is 253 g/mol. The van der Waals surface area contributed by atoms with Gasteiger partial charge in [0.25, 0.3) is 5.91 Å². The van der Waals surface area contributed by atoms with E-state index in [1.165, 1.54) is 6.07 Å². The molecule has 1 rings (SSSR count). The van der Waals surface area contributed by atoms with Gasteiger partial charge in [0.05, 0.1) is 11.3 Å². The molecule has 4 nitrogen and oxygen atoms in total. The van der Waals surface area contributed by atoms with Crippen molar-refractivity contribution < 1.29 is 9.18 Å². The number of rotatable bonds is 5. The first-order valence-electron chi connectivity index (χ1n) is 5.95. The Morgan fingerprint density at radius 2 is 2.00 bits per heavy atom. The van der Waals surface area contributed by atoms with Gasteiger partial charge in [-0.2, -0.15) is 0 Å². The van der Waals surface area contributed by atoms with E-state index in [-0.39, 0.29) is 16.9 Å². The van der Waals surface area contributed by atoms with Crippen molar-refractivity contribution in [2.45, 2.75) is 20.8 Å². The Hall–Kier alpha value is -1.78. The number of hydrogen-bond acceptors (Lipinski definition) is 3. The van der Waals surface area contributed by atoms with E-state index in [4.69, 9.17) is 11.5 Å². The second-order valence-corrected chi connectivity index (χ2v) is 4.89. The van der Waals surface area contributed by atoms with Gasteiger partial charge in [-0.1, -0.05) is 20.8 Å². The van der Waals surface area contributed by atoms with Gasteiger partial charge in [0, 0.05) is 12.2 Å². The molecule has 0 aliphatic heterocycles. The molecule has 0 aliphatic rings. The number of primary amides is 1. The molecule has 1 atom stereocenters. The third-order valence-electron chi connectivity index (χ3n) is 3.16. The molecule has 0 heterocycles. The second kappa shape index (κ2) is 5.71. The zero-order valence-electron chi connectivity index (χ0n) is 11.0. The monoisotopic (exact) mass is 253 g/mol. The van der Waals surface area contributed by atoms with Crippen molar-refractivity contribution in [1.82, 2.24) is 0 Å². The maximum absolute atomic E-state index is 13.7. The number of carbonyl (C=O) groups is 1. The summed E-state index contributed by atoms with van der Waals surface area (Å²) in [7, 11) is 0. The molecule has 1 aromatic carbocycles. The van der Waals surface area contributed by atoms with Gasteiger partial charge in [0.15, 0.2) is 0 Å². The van der Waals surface area contributed by atoms with Crippen LogP contribution in [0.25, 0.3) is 0 Å². The SMILES string of the molecule is CC(C)C(C)CNc1cc(C(N)=O)c(N)cc1F. The molecule has 0 spiro atoms. The highest BCUT2D eigenvalue weighted by Crippen LogP contribution is 2.22. The molecule has 0 fully saturated rings. The lowest BCUT2D eigenvalue weighted by atomic mass is 9.98. The smallest absolute Gasteiger partial charge is 0.250 e. The molecule has 0 aliphatic carbocycles. The molecule has 5 N–H and O–H groups in total. The number of nitrogens with one attached hydrogen (secondary N) is 1. The van der Waals surface area contributed by atoms with Gasteiger partial charge in [-0.05, 0) is 24.0 Å². The number of nitrogens with two attached hydrogens (primary N) is 2. The molecule has 100 valence electrons. The van der Waals surface area contributed by atoms with Crippen molar-refractivity contribution in [1.29, 1.82) is 0 Å². The van der Waals surface area contributed by atoms with Gasteiger partial charge in [-0.3, -0.25) is 4.79 Å². The summed E-state index contributed by atoms with van der Waals surface area (Å²) in [5.41, 5.74) is 11.1. The Bertz CT molecular complexity index is 446. The number of hydrogen-bond donors (Lipinski definition) is 3. The van der Waals surface area contributed by atoms with Crippen molar-refractivity contribution in [3.63, 3.8) is 0 Å². The van der Waals surface area contributed by atoms with Crippen LogP contribution in [0.2, 0.25) is 0 Å². The fourth-order valence-electron chi connectivity index (χ4n) is 1.44. The van der Waals surface area contributed by atoms with Crippen molar-refractivity contribution in [3.05, 3.63) is 23.5 Å². The van der Waals surface area contributed by atoms with E-state index in [1.54, 1.807) is 0 Å². The van der Waals surface area contributed by atoms with Gasteiger partial charge in [-0.25, -0.2) is 4.39 Å². The van der Waals surface area contributed by atoms with Crippen LogP contribution in [-0.2, 0) is 0 Å². The standard InChI is InChI=1S/C13H20FN3O/c1-7(2)8(3)6-17-12-4-9(13(16)18)11(15)5-10(12)14/h4-5,7-8,17H,6,15H2,1-3H3,(H2,16,18). The van der Waals surface area contributed by atoms with E-state index < -0.39 is 11.7 Å². The third kappa shape index (κ3) is 3.35. The van der Waals surface area contributed by atoms with Gasteiger partial charge < -0.3 is 16.8 Å². The molecule has 0 radical (unpaired) electrons. The summed E-state index contributed by atoms with van der Waals surface area (Å²) >= 11 is 0. The minimum Gasteiger partial charge on any atom is -0.398 e. The fourth-order valence-corrected chi connectivity index (χ4v) is 1.44. The minimum absolute atomic E-state index is 0.0578. The molecular formula is C13H20FN3O. The number of halogens is 1. The van der Waals surface area contributed by atoms with Gasteiger partial charge in [0.1, 0.15) is 5.82 Å². The molecule has 5 heteroatoms. The van der Waals surface area contributed by atoms with E-state index >= 15 is 0 Å². The van der Waals surface area contributed by atoms with Crippen LogP contribution in [0.5, 0.6) is 0 Å². The Kier molecular flexibility index (Phi) is 4.53. The Morgan fingerprint density at radius 1 is 1.39 bits per heavy atom. The first kappa shape index (κ1) is 14.3. The van der Waals surface area contributed by atoms with Crippen LogP contribution in [0.15, 0.2) is 12.1 Å². The molecule has 0 bridgehead atoms. The van der Waals surface area contributed by atoms with Crippen LogP contribution < -0.4 is 16.8 Å². The zero-order valence-corrected chi connectivity index (χ0v) is 11.0. The predicted molar refractivity (Wildman–Crippen MR) is 71.8 cm³/mol. The van der Waals surface area contributed by atoms with Crippen molar-refractivity contribution in [3.8, 4) is 0 Å². The number of carbonyl (C=O) groups excluding carboxylic acids is 1. The summed E-state index contributed by atoms with van der Waals surface area (Å²) in [4.78, 5) is 11.1. The van der Waals surface area contributed by atoms with Gasteiger partial charge in [-0.15, -0.1) is 0 Å². The van der Waals surface area contributed by atoms with Crippen molar-refractivity contribution in [2.75, 3.05) is 17.6 Å². The normalized spacial score (nSPS) is 12.5. The number of anilines is 2. The summed E-state index contributed by atoms with van der Waals surface area (Å²) in [5.74, 6) is -0.259. The molecule has 0 saturated heterocycles. The van der Waals surface area contributed by atoms with Crippen LogP contribution >= 0.6 is 0 Å². The maximum atomic E-state index is 13.7. The van der Waals surface area contributed by atoms with Crippen LogP contribution in [0, 0.1) is 17.7 Å². The van der Waals surface area contributed by atoms with E-state index in [2.05, 4.69) is 26.1 Å². The van der Waals surface area contributed by atoms with E-state index in [0.29, 0.717) is 18.4 Å². The molecule has 1 aromatic rings. The summed E-state index contributed by atoms with van der Waals surface area (Å²) in [6.07, 6.45) is 0. The van der Waals surface area contributed by atoms with Gasteiger partial charge in [0.2, 0.25) is 0 Å². The van der Waals surface area contributed by atoms with Gasteiger partial charge >= 0.3 is 0 Å². The first-order chi connectivity index (χ1) is 8.32. The number of nitrogen functional groups attached to an aromatic ring is 1. The molecule has 18 heavy (non-hydrogen) atoms. The Labute approximate surface area is 107 Å². The summed E-state index contributed by atoms with van der Waals surface area (Å²) in [5, 5.41) is 2.98. The summed E-state index contributed by atoms with van der Waals surface area (Å²) in [6, 6.07) is 2.47. The topological polar surface area (TPSA) is 81.1 Å². The summed E-state index contributed by atoms with van der Waals surface area (Å²) < 4.78 is 13.7. The molecule has 0 saturated carbocycles. The Morgan fingerprint density at radius 3 is 2.50 bits per heavy atom. The average Bonchev–Trinajstić information content (AvgIpc) is 2.26. The predicted octanol–water partition coefficient (Wildman–Crippen LogP) is 2.21. The van der Waals surface area contributed by atoms with E-state index in [0.717, 1.165) is 6.07 Å². The first-order valence-corrected chi connectivity index (χ1v) is 5.95. The lowest BCUT2D eigenvalue weighted by molar-refractivity contribution is 0.100. The number of benzene rings is 1. The summed E-state index contributed by atoms with van der Waals surface area (Å²) in [6.45, 7) is 6.89. The molecule has 1 amide bonds. The van der Waals surface area contributed by atoms with E-state index in [9.17, 15) is 9.18 Å². The highest BCUT2D eigenvalue weighted by molar-refractivity contribution is 5.99. The highest BCUT2D eigenvalue weighted by Gasteiger charge is 2.13. The van der Waals surface area contributed by atoms with Crippen LogP contribution in [0.4, 0.5) is 15.8 Å². The molecular weight excluding hydrogens is 233 g/mol. The minimum atomic E-state index is -0.660. The molecule has 1 unspecified atom stereocenters. The van der Waals surface area contributed by atoms with Crippen LogP contribution in [0.3, 0.4) is 0 Å². The number of amides is 1. The Balaban J connectivity index is 2.89. The third-order valence-corrected chi connectivity index (χ3v) is 3.16. The van der Waals surface area contributed by atoms with Crippen LogP contribution in [0.1, 0.15) is 31.1 Å². The largest absolute Gasteiger partial charge is 0.398 e. The molecule has 0 aromatic heterocycles. The van der Waals surface area contributed by atoms with Crippen LogP contribution in [-0.4, -0.2) is 12.5 Å². The highest BCUT2D eigenvalue weighted by atomic mass is 19.1.